The third kappa shape index (κ3) is 1.90. The van der Waals surface area contributed by atoms with Gasteiger partial charge in [0.25, 0.3) is 0 Å². The van der Waals surface area contributed by atoms with Crippen molar-refractivity contribution in [3.05, 3.63) is 20.8 Å². The predicted molar refractivity (Wildman–Crippen MR) is 67.2 cm³/mol. The minimum absolute atomic E-state index is 0.154. The van der Waals surface area contributed by atoms with Crippen molar-refractivity contribution < 1.29 is 5.11 Å². The van der Waals surface area contributed by atoms with Gasteiger partial charge in [-0.2, -0.15) is 0 Å². The normalized spacial score (nSPS) is 33.2. The summed E-state index contributed by atoms with van der Waals surface area (Å²) in [5.41, 5.74) is 1.37. The van der Waals surface area contributed by atoms with Crippen LogP contribution in [0.3, 0.4) is 0 Å². The van der Waals surface area contributed by atoms with Crippen molar-refractivity contribution in [2.75, 3.05) is 0 Å². The molecule has 88 valence electrons. The van der Waals surface area contributed by atoms with E-state index in [1.54, 1.807) is 11.3 Å². The number of aliphatic hydroxyl groups excluding tert-OH is 1. The van der Waals surface area contributed by atoms with Crippen molar-refractivity contribution in [2.24, 2.45) is 0 Å². The first kappa shape index (κ1) is 11.0. The van der Waals surface area contributed by atoms with Crippen LogP contribution in [-0.2, 0) is 6.42 Å². The summed E-state index contributed by atoms with van der Waals surface area (Å²) in [6.45, 7) is 0. The molecule has 16 heavy (non-hydrogen) atoms. The Kier molecular flexibility index (Phi) is 2.96. The summed E-state index contributed by atoms with van der Waals surface area (Å²) >= 11 is 7.73. The van der Waals surface area contributed by atoms with Crippen LogP contribution in [0, 0.1) is 0 Å². The van der Waals surface area contributed by atoms with Crippen LogP contribution in [-0.4, -0.2) is 17.3 Å². The molecule has 2 aliphatic carbocycles. The van der Waals surface area contributed by atoms with Gasteiger partial charge in [-0.15, -0.1) is 11.3 Å². The first-order valence-corrected chi connectivity index (χ1v) is 7.15. The maximum absolute atomic E-state index is 9.82. The average molecular weight is 258 g/mol. The molecule has 0 spiro atoms. The lowest BCUT2D eigenvalue weighted by atomic mass is 10.1. The molecule has 0 saturated heterocycles. The Labute approximate surface area is 105 Å². The van der Waals surface area contributed by atoms with Crippen molar-refractivity contribution in [1.29, 1.82) is 0 Å². The lowest BCUT2D eigenvalue weighted by Crippen LogP contribution is -2.37. The van der Waals surface area contributed by atoms with E-state index in [0.29, 0.717) is 6.04 Å². The Morgan fingerprint density at radius 1 is 1.38 bits per heavy atom. The van der Waals surface area contributed by atoms with Gasteiger partial charge in [-0.1, -0.05) is 11.6 Å². The van der Waals surface area contributed by atoms with E-state index in [1.807, 2.05) is 0 Å². The van der Waals surface area contributed by atoms with Crippen molar-refractivity contribution in [3.63, 3.8) is 0 Å². The van der Waals surface area contributed by atoms with Gasteiger partial charge in [0, 0.05) is 17.0 Å². The SMILES string of the molecule is OC1CCCC1NC1CCc2sc(Cl)cc21. The molecule has 3 unspecified atom stereocenters. The van der Waals surface area contributed by atoms with E-state index in [-0.39, 0.29) is 12.1 Å². The molecular weight excluding hydrogens is 242 g/mol. The maximum Gasteiger partial charge on any atom is 0.0934 e. The second kappa shape index (κ2) is 4.30. The van der Waals surface area contributed by atoms with E-state index in [2.05, 4.69) is 11.4 Å². The van der Waals surface area contributed by atoms with Crippen molar-refractivity contribution in [1.82, 2.24) is 5.32 Å². The number of hydrogen-bond donors (Lipinski definition) is 2. The molecule has 1 heterocycles. The van der Waals surface area contributed by atoms with Crippen LogP contribution in [0.25, 0.3) is 0 Å². The van der Waals surface area contributed by atoms with Crippen LogP contribution in [0.5, 0.6) is 0 Å². The van der Waals surface area contributed by atoms with Crippen LogP contribution < -0.4 is 5.32 Å². The molecule has 1 fully saturated rings. The summed E-state index contributed by atoms with van der Waals surface area (Å²) in [7, 11) is 0. The monoisotopic (exact) mass is 257 g/mol. The molecule has 2 aliphatic rings. The molecule has 0 amide bonds. The third-order valence-corrected chi connectivity index (χ3v) is 5.08. The van der Waals surface area contributed by atoms with Crippen molar-refractivity contribution in [3.8, 4) is 0 Å². The topological polar surface area (TPSA) is 32.3 Å². The Morgan fingerprint density at radius 2 is 2.25 bits per heavy atom. The zero-order valence-electron chi connectivity index (χ0n) is 9.08. The summed E-state index contributed by atoms with van der Waals surface area (Å²) in [6, 6.07) is 2.79. The molecule has 1 aromatic rings. The summed E-state index contributed by atoms with van der Waals surface area (Å²) < 4.78 is 0.892. The first-order valence-electron chi connectivity index (χ1n) is 5.96. The molecule has 1 aromatic heterocycles. The molecule has 0 aliphatic heterocycles. The predicted octanol–water partition coefficient (Wildman–Crippen LogP) is 2.89. The minimum Gasteiger partial charge on any atom is -0.392 e. The average Bonchev–Trinajstić information content (AvgIpc) is 2.87. The van der Waals surface area contributed by atoms with Crippen LogP contribution in [0.15, 0.2) is 6.07 Å². The molecule has 0 bridgehead atoms. The second-order valence-electron chi connectivity index (χ2n) is 4.79. The molecule has 0 aromatic carbocycles. The standard InChI is InChI=1S/C12H16ClNOS/c13-12-6-7-8(4-5-11(7)16-12)14-9-2-1-3-10(9)15/h6,8-10,14-15H,1-5H2. The molecule has 4 heteroatoms. The highest BCUT2D eigenvalue weighted by Crippen LogP contribution is 2.40. The van der Waals surface area contributed by atoms with Gasteiger partial charge in [0.05, 0.1) is 10.4 Å². The second-order valence-corrected chi connectivity index (χ2v) is 6.56. The number of rotatable bonds is 2. The Morgan fingerprint density at radius 3 is 3.00 bits per heavy atom. The van der Waals surface area contributed by atoms with Gasteiger partial charge >= 0.3 is 0 Å². The molecule has 3 atom stereocenters. The number of aryl methyl sites for hydroxylation is 1. The van der Waals surface area contributed by atoms with E-state index >= 15 is 0 Å². The number of aliphatic hydroxyl groups is 1. The van der Waals surface area contributed by atoms with Gasteiger partial charge < -0.3 is 10.4 Å². The van der Waals surface area contributed by atoms with E-state index in [1.165, 1.54) is 10.4 Å². The molecular formula is C12H16ClNOS. The highest BCUT2D eigenvalue weighted by Gasteiger charge is 2.31. The lowest BCUT2D eigenvalue weighted by molar-refractivity contribution is 0.143. The number of halogens is 1. The zero-order chi connectivity index (χ0) is 11.1. The van der Waals surface area contributed by atoms with Crippen LogP contribution in [0.2, 0.25) is 4.34 Å². The Hall–Kier alpha value is -0.0900. The number of fused-ring (bicyclic) bond motifs is 1. The molecule has 3 rings (SSSR count). The zero-order valence-corrected chi connectivity index (χ0v) is 10.7. The molecule has 2 nitrogen and oxygen atoms in total. The van der Waals surface area contributed by atoms with E-state index in [9.17, 15) is 5.11 Å². The largest absolute Gasteiger partial charge is 0.392 e. The van der Waals surface area contributed by atoms with Crippen molar-refractivity contribution in [2.45, 2.75) is 50.3 Å². The van der Waals surface area contributed by atoms with Crippen LogP contribution in [0.1, 0.15) is 42.2 Å². The minimum atomic E-state index is -0.154. The van der Waals surface area contributed by atoms with Gasteiger partial charge in [0.1, 0.15) is 0 Å². The molecule has 0 radical (unpaired) electrons. The fraction of sp³-hybridized carbons (Fsp3) is 0.667. The van der Waals surface area contributed by atoms with E-state index in [4.69, 9.17) is 11.6 Å². The fourth-order valence-corrected chi connectivity index (χ4v) is 4.25. The summed E-state index contributed by atoms with van der Waals surface area (Å²) in [5.74, 6) is 0. The van der Waals surface area contributed by atoms with E-state index < -0.39 is 0 Å². The van der Waals surface area contributed by atoms with Gasteiger partial charge in [0.15, 0.2) is 0 Å². The number of nitrogens with one attached hydrogen (secondary N) is 1. The molecule has 1 saturated carbocycles. The lowest BCUT2D eigenvalue weighted by Gasteiger charge is -2.21. The van der Waals surface area contributed by atoms with Gasteiger partial charge in [-0.25, -0.2) is 0 Å². The van der Waals surface area contributed by atoms with Gasteiger partial charge in [-0.3, -0.25) is 0 Å². The maximum atomic E-state index is 9.82. The summed E-state index contributed by atoms with van der Waals surface area (Å²) in [5, 5.41) is 13.4. The van der Waals surface area contributed by atoms with Gasteiger partial charge in [0.2, 0.25) is 0 Å². The summed E-state index contributed by atoms with van der Waals surface area (Å²) in [6.07, 6.45) is 5.32. The van der Waals surface area contributed by atoms with Crippen molar-refractivity contribution >= 4 is 22.9 Å². The fourth-order valence-electron chi connectivity index (χ4n) is 2.90. The quantitative estimate of drug-likeness (QED) is 0.854. The Balaban J connectivity index is 1.72. The molecule has 2 N–H and O–H groups in total. The number of hydrogen-bond acceptors (Lipinski definition) is 3. The van der Waals surface area contributed by atoms with Crippen LogP contribution >= 0.6 is 22.9 Å². The summed E-state index contributed by atoms with van der Waals surface area (Å²) in [4.78, 5) is 1.43. The highest BCUT2D eigenvalue weighted by atomic mass is 35.5. The van der Waals surface area contributed by atoms with Gasteiger partial charge in [-0.05, 0) is 43.7 Å². The first-order chi connectivity index (χ1) is 7.74. The van der Waals surface area contributed by atoms with E-state index in [0.717, 1.165) is 36.4 Å². The smallest absolute Gasteiger partial charge is 0.0934 e. The number of thiophene rings is 1. The third-order valence-electron chi connectivity index (χ3n) is 3.74. The van der Waals surface area contributed by atoms with Crippen LogP contribution in [0.4, 0.5) is 0 Å². The Bertz CT molecular complexity index is 392. The highest BCUT2D eigenvalue weighted by molar-refractivity contribution is 7.16.